The molecule has 4 aromatic rings. The molecular weight excluding hydrogens is 312 g/mol. The van der Waals surface area contributed by atoms with Gasteiger partial charge < -0.3 is 4.42 Å². The standard InChI is InChI=1S/C16H12N4O2S/c1-9-11-7-6-10-4-2-3-5-12(10)14(11)22-13(9)15(21)19-20-8-17-18-16(20)23/h2-8H,1H3,(H,18,23)(H,19,21). The summed E-state index contributed by atoms with van der Waals surface area (Å²) in [6, 6.07) is 11.9. The second-order valence-corrected chi connectivity index (χ2v) is 5.58. The second kappa shape index (κ2) is 5.06. The van der Waals surface area contributed by atoms with Gasteiger partial charge in [-0.25, -0.2) is 4.68 Å². The van der Waals surface area contributed by atoms with Gasteiger partial charge in [0, 0.05) is 16.3 Å². The highest BCUT2D eigenvalue weighted by atomic mass is 32.1. The van der Waals surface area contributed by atoms with Crippen LogP contribution in [0, 0.1) is 11.7 Å². The number of carbonyl (C=O) groups excluding carboxylic acids is 1. The molecule has 4 rings (SSSR count). The first kappa shape index (κ1) is 13.7. The first-order valence-corrected chi connectivity index (χ1v) is 7.40. The molecule has 0 aliphatic carbocycles. The molecule has 0 fully saturated rings. The number of nitrogens with one attached hydrogen (secondary N) is 2. The van der Waals surface area contributed by atoms with E-state index < -0.39 is 0 Å². The maximum absolute atomic E-state index is 12.5. The molecule has 114 valence electrons. The zero-order valence-corrected chi connectivity index (χ0v) is 13.0. The fourth-order valence-electron chi connectivity index (χ4n) is 2.65. The molecule has 0 spiro atoms. The zero-order valence-electron chi connectivity index (χ0n) is 12.2. The van der Waals surface area contributed by atoms with E-state index in [0.29, 0.717) is 10.4 Å². The summed E-state index contributed by atoms with van der Waals surface area (Å²) in [5, 5.41) is 9.30. The third-order valence-electron chi connectivity index (χ3n) is 3.81. The molecular formula is C16H12N4O2S. The predicted octanol–water partition coefficient (Wildman–Crippen LogP) is 3.53. The van der Waals surface area contributed by atoms with Crippen LogP contribution < -0.4 is 5.43 Å². The molecule has 0 bridgehead atoms. The molecule has 7 heteroatoms. The highest BCUT2D eigenvalue weighted by molar-refractivity contribution is 7.71. The van der Waals surface area contributed by atoms with Gasteiger partial charge in [0.1, 0.15) is 11.9 Å². The second-order valence-electron chi connectivity index (χ2n) is 5.19. The summed E-state index contributed by atoms with van der Waals surface area (Å²) in [7, 11) is 0. The Bertz CT molecular complexity index is 1110. The zero-order chi connectivity index (χ0) is 16.0. The van der Waals surface area contributed by atoms with E-state index in [0.717, 1.165) is 21.7 Å². The fourth-order valence-corrected chi connectivity index (χ4v) is 2.80. The van der Waals surface area contributed by atoms with Crippen molar-refractivity contribution in [3.05, 3.63) is 58.8 Å². The van der Waals surface area contributed by atoms with Gasteiger partial charge in [0.2, 0.25) is 4.77 Å². The summed E-state index contributed by atoms with van der Waals surface area (Å²) in [4.78, 5) is 12.5. The Hall–Kier alpha value is -2.93. The number of fused-ring (bicyclic) bond motifs is 3. The molecule has 2 aromatic carbocycles. The summed E-state index contributed by atoms with van der Waals surface area (Å²) in [6.45, 7) is 1.87. The summed E-state index contributed by atoms with van der Waals surface area (Å²) in [6.07, 6.45) is 1.40. The number of nitrogens with zero attached hydrogens (tertiary/aromatic N) is 2. The summed E-state index contributed by atoms with van der Waals surface area (Å²) < 4.78 is 7.51. The average molecular weight is 324 g/mol. The minimum atomic E-state index is -0.375. The van der Waals surface area contributed by atoms with E-state index >= 15 is 0 Å². The van der Waals surface area contributed by atoms with E-state index in [1.807, 2.05) is 43.3 Å². The molecule has 0 unspecified atom stereocenters. The van der Waals surface area contributed by atoms with E-state index in [-0.39, 0.29) is 11.7 Å². The topological polar surface area (TPSA) is 75.8 Å². The van der Waals surface area contributed by atoms with Crippen molar-refractivity contribution < 1.29 is 9.21 Å². The van der Waals surface area contributed by atoms with Crippen LogP contribution in [0.2, 0.25) is 0 Å². The first-order chi connectivity index (χ1) is 11.1. The Kier molecular flexibility index (Phi) is 3.02. The van der Waals surface area contributed by atoms with E-state index in [1.54, 1.807) is 0 Å². The van der Waals surface area contributed by atoms with Crippen LogP contribution in [0.3, 0.4) is 0 Å². The van der Waals surface area contributed by atoms with Crippen molar-refractivity contribution in [2.24, 2.45) is 0 Å². The third kappa shape index (κ3) is 2.13. The molecule has 0 radical (unpaired) electrons. The summed E-state index contributed by atoms with van der Waals surface area (Å²) in [5.41, 5.74) is 4.14. The Morgan fingerprint density at radius 2 is 2.09 bits per heavy atom. The molecule has 2 N–H and O–H groups in total. The lowest BCUT2D eigenvalue weighted by molar-refractivity contribution is 0.0982. The molecule has 0 aliphatic heterocycles. The van der Waals surface area contributed by atoms with E-state index in [4.69, 9.17) is 16.6 Å². The molecule has 23 heavy (non-hydrogen) atoms. The van der Waals surface area contributed by atoms with Crippen LogP contribution in [0.15, 0.2) is 47.1 Å². The number of hydrogen-bond acceptors (Lipinski definition) is 4. The van der Waals surface area contributed by atoms with Crippen molar-refractivity contribution in [2.45, 2.75) is 6.92 Å². The molecule has 2 aromatic heterocycles. The molecule has 2 heterocycles. The predicted molar refractivity (Wildman–Crippen MR) is 89.6 cm³/mol. The third-order valence-corrected chi connectivity index (χ3v) is 4.10. The lowest BCUT2D eigenvalue weighted by atomic mass is 10.1. The highest BCUT2D eigenvalue weighted by Gasteiger charge is 2.19. The molecule has 0 atom stereocenters. The van der Waals surface area contributed by atoms with Crippen LogP contribution in [0.4, 0.5) is 0 Å². The van der Waals surface area contributed by atoms with E-state index in [2.05, 4.69) is 15.6 Å². The molecule has 0 saturated carbocycles. The van der Waals surface area contributed by atoms with Crippen molar-refractivity contribution in [1.29, 1.82) is 0 Å². The highest BCUT2D eigenvalue weighted by Crippen LogP contribution is 2.31. The Labute approximate surface area is 135 Å². The number of carbonyl (C=O) groups is 1. The lowest BCUT2D eigenvalue weighted by Gasteiger charge is -2.02. The molecule has 0 aliphatic rings. The van der Waals surface area contributed by atoms with Gasteiger partial charge in [-0.2, -0.15) is 5.10 Å². The van der Waals surface area contributed by atoms with Crippen LogP contribution in [0.1, 0.15) is 16.1 Å². The smallest absolute Gasteiger partial charge is 0.306 e. The number of benzene rings is 2. The normalized spacial score (nSPS) is 11.2. The van der Waals surface area contributed by atoms with Gasteiger partial charge in [-0.1, -0.05) is 36.4 Å². The van der Waals surface area contributed by atoms with Gasteiger partial charge >= 0.3 is 5.91 Å². The lowest BCUT2D eigenvalue weighted by Crippen LogP contribution is -2.22. The van der Waals surface area contributed by atoms with Crippen LogP contribution in [0.25, 0.3) is 21.7 Å². The van der Waals surface area contributed by atoms with Gasteiger partial charge in [-0.05, 0) is 24.5 Å². The quantitative estimate of drug-likeness (QED) is 0.553. The Morgan fingerprint density at radius 3 is 2.87 bits per heavy atom. The number of amides is 1. The van der Waals surface area contributed by atoms with Crippen LogP contribution in [-0.4, -0.2) is 20.8 Å². The summed E-state index contributed by atoms with van der Waals surface area (Å²) >= 11 is 5.01. The Morgan fingerprint density at radius 1 is 1.26 bits per heavy atom. The number of aromatic nitrogens is 3. The minimum Gasteiger partial charge on any atom is -0.450 e. The molecule has 1 amide bonds. The van der Waals surface area contributed by atoms with Gasteiger partial charge in [0.05, 0.1) is 0 Å². The number of furan rings is 1. The molecule has 6 nitrogen and oxygen atoms in total. The maximum Gasteiger partial charge on any atom is 0.306 e. The Balaban J connectivity index is 1.86. The SMILES string of the molecule is Cc1c(C(=O)Nn2cn[nH]c2=S)oc2c1ccc1ccccc12. The number of aryl methyl sites for hydroxylation is 1. The van der Waals surface area contributed by atoms with Crippen molar-refractivity contribution in [2.75, 3.05) is 5.43 Å². The average Bonchev–Trinajstić information content (AvgIpc) is 3.11. The van der Waals surface area contributed by atoms with Crippen LogP contribution >= 0.6 is 12.2 Å². The van der Waals surface area contributed by atoms with E-state index in [1.165, 1.54) is 11.0 Å². The van der Waals surface area contributed by atoms with Crippen molar-refractivity contribution in [1.82, 2.24) is 14.9 Å². The van der Waals surface area contributed by atoms with Crippen LogP contribution in [-0.2, 0) is 0 Å². The summed E-state index contributed by atoms with van der Waals surface area (Å²) in [5.74, 6) is -0.111. The minimum absolute atomic E-state index is 0.263. The fraction of sp³-hybridized carbons (Fsp3) is 0.0625. The van der Waals surface area contributed by atoms with Gasteiger partial charge in [0.25, 0.3) is 0 Å². The van der Waals surface area contributed by atoms with Crippen molar-refractivity contribution in [3.8, 4) is 0 Å². The van der Waals surface area contributed by atoms with Crippen molar-refractivity contribution >= 4 is 39.9 Å². The monoisotopic (exact) mass is 324 g/mol. The van der Waals surface area contributed by atoms with E-state index in [9.17, 15) is 4.79 Å². The van der Waals surface area contributed by atoms with Gasteiger partial charge in [0.15, 0.2) is 5.76 Å². The largest absolute Gasteiger partial charge is 0.450 e. The van der Waals surface area contributed by atoms with Gasteiger partial charge in [-0.15, -0.1) is 0 Å². The van der Waals surface area contributed by atoms with Gasteiger partial charge in [-0.3, -0.25) is 15.3 Å². The first-order valence-electron chi connectivity index (χ1n) is 6.99. The number of rotatable bonds is 2. The molecule has 0 saturated heterocycles. The van der Waals surface area contributed by atoms with Crippen LogP contribution in [0.5, 0.6) is 0 Å². The maximum atomic E-state index is 12.5. The van der Waals surface area contributed by atoms with Crippen molar-refractivity contribution in [3.63, 3.8) is 0 Å². The number of aromatic amines is 1. The number of H-pyrrole nitrogens is 1. The number of hydrogen-bond donors (Lipinski definition) is 2.